The van der Waals surface area contributed by atoms with Gasteiger partial charge in [-0.25, -0.2) is 0 Å². The van der Waals surface area contributed by atoms with Gasteiger partial charge in [0.05, 0.1) is 13.2 Å². The van der Waals surface area contributed by atoms with E-state index in [0.717, 1.165) is 19.3 Å². The van der Waals surface area contributed by atoms with Crippen LogP contribution in [0.4, 0.5) is 0 Å². The lowest BCUT2D eigenvalue weighted by Crippen LogP contribution is -2.55. The Morgan fingerprint density at radius 2 is 1.89 bits per heavy atom. The Morgan fingerprint density at radius 1 is 1.17 bits per heavy atom. The number of hydrogen-bond acceptors (Lipinski definition) is 3. The molecule has 2 rings (SSSR count). The van der Waals surface area contributed by atoms with Crippen molar-refractivity contribution < 1.29 is 14.3 Å². The first-order valence-corrected chi connectivity index (χ1v) is 6.99. The number of hydrogen-bond donors (Lipinski definition) is 0. The second-order valence-corrected chi connectivity index (χ2v) is 4.94. The van der Waals surface area contributed by atoms with Gasteiger partial charge in [0.2, 0.25) is 11.8 Å². The zero-order valence-electron chi connectivity index (χ0n) is 10.4. The molecule has 2 heterocycles. The number of piperidine rings is 1. The van der Waals surface area contributed by atoms with Crippen molar-refractivity contribution in [1.29, 1.82) is 0 Å². The Morgan fingerprint density at radius 3 is 2.56 bits per heavy atom. The first-order valence-electron chi connectivity index (χ1n) is 6.46. The van der Waals surface area contributed by atoms with Gasteiger partial charge in [0.15, 0.2) is 0 Å². The van der Waals surface area contributed by atoms with Crippen LogP contribution < -0.4 is 0 Å². The molecule has 0 aromatic rings. The fourth-order valence-corrected chi connectivity index (χ4v) is 2.71. The zero-order valence-corrected chi connectivity index (χ0v) is 11.2. The number of rotatable bonds is 2. The summed E-state index contributed by atoms with van der Waals surface area (Å²) in [6.07, 6.45) is 2.70. The van der Waals surface area contributed by atoms with E-state index in [9.17, 15) is 9.59 Å². The molecule has 0 aromatic heterocycles. The lowest BCUT2D eigenvalue weighted by atomic mass is 10.0. The molecule has 2 fully saturated rings. The van der Waals surface area contributed by atoms with Gasteiger partial charge in [-0.1, -0.05) is 0 Å². The third-order valence-electron chi connectivity index (χ3n) is 3.55. The highest BCUT2D eigenvalue weighted by molar-refractivity contribution is 6.27. The highest BCUT2D eigenvalue weighted by Gasteiger charge is 2.34. The molecule has 0 aliphatic carbocycles. The maximum atomic E-state index is 12.4. The standard InChI is InChI=1S/C12H19ClN2O3/c13-9-11(16)15-4-2-1-3-10(15)12(17)14-5-7-18-8-6-14/h10H,1-9H2. The lowest BCUT2D eigenvalue weighted by Gasteiger charge is -2.38. The maximum absolute atomic E-state index is 12.4. The van der Waals surface area contributed by atoms with Crippen LogP contribution in [0.15, 0.2) is 0 Å². The Kier molecular flexibility index (Phi) is 4.83. The highest BCUT2D eigenvalue weighted by Crippen LogP contribution is 2.20. The van der Waals surface area contributed by atoms with Crippen molar-refractivity contribution in [2.75, 3.05) is 38.7 Å². The fourth-order valence-electron chi connectivity index (χ4n) is 2.56. The summed E-state index contributed by atoms with van der Waals surface area (Å²) in [5, 5.41) is 0. The van der Waals surface area contributed by atoms with E-state index in [1.165, 1.54) is 0 Å². The summed E-state index contributed by atoms with van der Waals surface area (Å²) in [4.78, 5) is 27.6. The molecular weight excluding hydrogens is 256 g/mol. The van der Waals surface area contributed by atoms with Gasteiger partial charge in [-0.15, -0.1) is 11.6 Å². The van der Waals surface area contributed by atoms with E-state index in [1.807, 2.05) is 0 Å². The van der Waals surface area contributed by atoms with E-state index in [2.05, 4.69) is 0 Å². The third-order valence-corrected chi connectivity index (χ3v) is 3.77. The third kappa shape index (κ3) is 2.95. The van der Waals surface area contributed by atoms with Crippen molar-refractivity contribution in [3.8, 4) is 0 Å². The van der Waals surface area contributed by atoms with Gasteiger partial charge in [-0.3, -0.25) is 9.59 Å². The van der Waals surface area contributed by atoms with Crippen molar-refractivity contribution in [2.45, 2.75) is 25.3 Å². The molecule has 0 aromatic carbocycles. The van der Waals surface area contributed by atoms with Crippen molar-refractivity contribution in [1.82, 2.24) is 9.80 Å². The van der Waals surface area contributed by atoms with E-state index < -0.39 is 0 Å². The SMILES string of the molecule is O=C(C1CCCCN1C(=O)CCl)N1CCOCC1. The molecule has 2 saturated heterocycles. The Labute approximate surface area is 112 Å². The smallest absolute Gasteiger partial charge is 0.245 e. The quantitative estimate of drug-likeness (QED) is 0.688. The molecule has 0 bridgehead atoms. The van der Waals surface area contributed by atoms with Crippen LogP contribution in [0, 0.1) is 0 Å². The minimum Gasteiger partial charge on any atom is -0.378 e. The molecule has 6 heteroatoms. The van der Waals surface area contributed by atoms with Crippen molar-refractivity contribution >= 4 is 23.4 Å². The van der Waals surface area contributed by atoms with Gasteiger partial charge in [0, 0.05) is 19.6 Å². The molecule has 18 heavy (non-hydrogen) atoms. The number of alkyl halides is 1. The number of carbonyl (C=O) groups is 2. The summed E-state index contributed by atoms with van der Waals surface area (Å²) in [6, 6.07) is -0.317. The van der Waals surface area contributed by atoms with E-state index in [4.69, 9.17) is 16.3 Å². The summed E-state index contributed by atoms with van der Waals surface area (Å²) in [5.41, 5.74) is 0. The fraction of sp³-hybridized carbons (Fsp3) is 0.833. The van der Waals surface area contributed by atoms with Crippen LogP contribution >= 0.6 is 11.6 Å². The highest BCUT2D eigenvalue weighted by atomic mass is 35.5. The number of morpholine rings is 1. The first kappa shape index (κ1) is 13.6. The number of amides is 2. The van der Waals surface area contributed by atoms with Crippen LogP contribution in [0.3, 0.4) is 0 Å². The summed E-state index contributed by atoms with van der Waals surface area (Å²) in [5.74, 6) is -0.133. The van der Waals surface area contributed by atoms with Gasteiger partial charge < -0.3 is 14.5 Å². The van der Waals surface area contributed by atoms with E-state index in [-0.39, 0.29) is 23.7 Å². The van der Waals surface area contributed by atoms with Crippen molar-refractivity contribution in [3.05, 3.63) is 0 Å². The number of halogens is 1. The Bertz CT molecular complexity index is 318. The zero-order chi connectivity index (χ0) is 13.0. The van der Waals surface area contributed by atoms with Crippen molar-refractivity contribution in [3.63, 3.8) is 0 Å². The van der Waals surface area contributed by atoms with Crippen molar-refractivity contribution in [2.24, 2.45) is 0 Å². The molecule has 5 nitrogen and oxygen atoms in total. The summed E-state index contributed by atoms with van der Waals surface area (Å²) in [6.45, 7) is 3.06. The van der Waals surface area contributed by atoms with Gasteiger partial charge in [0.25, 0.3) is 0 Å². The molecule has 2 aliphatic rings. The van der Waals surface area contributed by atoms with Crippen LogP contribution in [0.1, 0.15) is 19.3 Å². The topological polar surface area (TPSA) is 49.9 Å². The predicted octanol–water partition coefficient (Wildman–Crippen LogP) is 0.465. The minimum absolute atomic E-state index is 0.0487. The maximum Gasteiger partial charge on any atom is 0.245 e. The second kappa shape index (κ2) is 6.38. The molecule has 0 spiro atoms. The van der Waals surface area contributed by atoms with Gasteiger partial charge >= 0.3 is 0 Å². The average molecular weight is 275 g/mol. The van der Waals surface area contributed by atoms with E-state index in [0.29, 0.717) is 32.8 Å². The molecule has 0 radical (unpaired) electrons. The Balaban J connectivity index is 2.03. The number of ether oxygens (including phenoxy) is 1. The first-order chi connectivity index (χ1) is 8.74. The average Bonchev–Trinajstić information content (AvgIpc) is 2.46. The number of likely N-dealkylation sites (tertiary alicyclic amines) is 1. The lowest BCUT2D eigenvalue weighted by molar-refractivity contribution is -0.149. The van der Waals surface area contributed by atoms with Crippen LogP contribution in [0.2, 0.25) is 0 Å². The normalized spacial score (nSPS) is 25.1. The molecule has 2 amide bonds. The largest absolute Gasteiger partial charge is 0.378 e. The monoisotopic (exact) mass is 274 g/mol. The second-order valence-electron chi connectivity index (χ2n) is 4.67. The predicted molar refractivity (Wildman–Crippen MR) is 67.5 cm³/mol. The van der Waals surface area contributed by atoms with Gasteiger partial charge in [-0.2, -0.15) is 0 Å². The molecule has 1 unspecified atom stereocenters. The minimum atomic E-state index is -0.317. The molecule has 0 saturated carbocycles. The van der Waals surface area contributed by atoms with Crippen LogP contribution in [0.25, 0.3) is 0 Å². The molecular formula is C12H19ClN2O3. The van der Waals surface area contributed by atoms with Crippen LogP contribution in [-0.2, 0) is 14.3 Å². The summed E-state index contributed by atoms with van der Waals surface area (Å²) < 4.78 is 5.24. The molecule has 2 aliphatic heterocycles. The van der Waals surface area contributed by atoms with Gasteiger partial charge in [0.1, 0.15) is 11.9 Å². The molecule has 1 atom stereocenters. The van der Waals surface area contributed by atoms with E-state index >= 15 is 0 Å². The van der Waals surface area contributed by atoms with Crippen LogP contribution in [-0.4, -0.2) is 66.4 Å². The number of nitrogens with zero attached hydrogens (tertiary/aromatic N) is 2. The van der Waals surface area contributed by atoms with Gasteiger partial charge in [-0.05, 0) is 19.3 Å². The van der Waals surface area contributed by atoms with E-state index in [1.54, 1.807) is 9.80 Å². The van der Waals surface area contributed by atoms with Crippen LogP contribution in [0.5, 0.6) is 0 Å². The number of carbonyl (C=O) groups excluding carboxylic acids is 2. The Hall–Kier alpha value is -0.810. The molecule has 102 valence electrons. The summed E-state index contributed by atoms with van der Waals surface area (Å²) >= 11 is 5.60. The summed E-state index contributed by atoms with van der Waals surface area (Å²) in [7, 11) is 0. The molecule has 0 N–H and O–H groups in total.